The second-order valence-electron chi connectivity index (χ2n) is 5.28. The van der Waals surface area contributed by atoms with E-state index in [-0.39, 0.29) is 0 Å². The molecule has 0 saturated carbocycles. The zero-order valence-electron chi connectivity index (χ0n) is 12.2. The predicted molar refractivity (Wildman–Crippen MR) is 86.5 cm³/mol. The Labute approximate surface area is 128 Å². The first-order chi connectivity index (χ1) is 10.8. The van der Waals surface area contributed by atoms with Crippen LogP contribution in [0, 0.1) is 0 Å². The Balaban J connectivity index is 1.70. The molecule has 0 fully saturated rings. The van der Waals surface area contributed by atoms with Crippen molar-refractivity contribution in [3.05, 3.63) is 66.2 Å². The molecule has 2 aromatic heterocycles. The van der Waals surface area contributed by atoms with Gasteiger partial charge in [0.2, 0.25) is 5.76 Å². The van der Waals surface area contributed by atoms with E-state index in [1.807, 2.05) is 36.4 Å². The summed E-state index contributed by atoms with van der Waals surface area (Å²) in [7, 11) is 0. The fraction of sp³-hybridized carbons (Fsp3) is 0.105. The van der Waals surface area contributed by atoms with Gasteiger partial charge in [0.15, 0.2) is 5.76 Å². The number of fused-ring (bicyclic) bond motifs is 1. The van der Waals surface area contributed by atoms with Crippen LogP contribution in [0.15, 0.2) is 69.6 Å². The summed E-state index contributed by atoms with van der Waals surface area (Å²) < 4.78 is 11.3. The van der Waals surface area contributed by atoms with Gasteiger partial charge in [-0.3, -0.25) is 0 Å². The highest BCUT2D eigenvalue weighted by molar-refractivity contribution is 5.82. The van der Waals surface area contributed by atoms with Crippen molar-refractivity contribution in [2.75, 3.05) is 0 Å². The second kappa shape index (κ2) is 5.19. The Morgan fingerprint density at radius 2 is 1.73 bits per heavy atom. The van der Waals surface area contributed by atoms with Crippen LogP contribution in [0.1, 0.15) is 12.5 Å². The second-order valence-corrected chi connectivity index (χ2v) is 5.28. The number of hydrogen-bond acceptors (Lipinski definition) is 3. The quantitative estimate of drug-likeness (QED) is 0.512. The molecule has 0 aliphatic rings. The maximum Gasteiger partial charge on any atom is 0.202 e. The first kappa shape index (κ1) is 12.9. The van der Waals surface area contributed by atoms with Crippen LogP contribution in [-0.4, -0.2) is 5.16 Å². The Morgan fingerprint density at radius 1 is 0.909 bits per heavy atom. The van der Waals surface area contributed by atoms with E-state index in [0.29, 0.717) is 11.5 Å². The number of nitrogens with zero attached hydrogens (tertiary/aromatic N) is 1. The number of aromatic nitrogens is 1. The highest BCUT2D eigenvalue weighted by Gasteiger charge is 2.12. The Kier molecular flexibility index (Phi) is 3.04. The molecule has 0 aliphatic carbocycles. The van der Waals surface area contributed by atoms with Crippen LogP contribution in [0.3, 0.4) is 0 Å². The molecule has 0 saturated heterocycles. The van der Waals surface area contributed by atoms with E-state index < -0.39 is 0 Å². The van der Waals surface area contributed by atoms with Gasteiger partial charge in [-0.15, -0.1) is 0 Å². The van der Waals surface area contributed by atoms with Gasteiger partial charge in [-0.25, -0.2) is 0 Å². The van der Waals surface area contributed by atoms with E-state index in [4.69, 9.17) is 8.94 Å². The summed E-state index contributed by atoms with van der Waals surface area (Å²) in [5.41, 5.74) is 4.02. The predicted octanol–water partition coefficient (Wildman–Crippen LogP) is 5.32. The molecular formula is C19H15NO2. The molecule has 2 heterocycles. The lowest BCUT2D eigenvalue weighted by atomic mass is 10.1. The van der Waals surface area contributed by atoms with E-state index in [9.17, 15) is 0 Å². The molecule has 3 nitrogen and oxygen atoms in total. The van der Waals surface area contributed by atoms with Crippen molar-refractivity contribution in [1.82, 2.24) is 5.16 Å². The van der Waals surface area contributed by atoms with E-state index in [1.165, 1.54) is 5.56 Å². The van der Waals surface area contributed by atoms with Gasteiger partial charge >= 0.3 is 0 Å². The summed E-state index contributed by atoms with van der Waals surface area (Å²) in [5.74, 6) is 1.34. The van der Waals surface area contributed by atoms with Gasteiger partial charge in [0.1, 0.15) is 11.3 Å². The van der Waals surface area contributed by atoms with Crippen LogP contribution in [0.25, 0.3) is 33.7 Å². The zero-order valence-corrected chi connectivity index (χ0v) is 12.2. The van der Waals surface area contributed by atoms with Crippen LogP contribution in [-0.2, 0) is 6.42 Å². The highest BCUT2D eigenvalue weighted by atomic mass is 16.5. The number of hydrogen-bond donors (Lipinski definition) is 0. The molecule has 22 heavy (non-hydrogen) atoms. The van der Waals surface area contributed by atoms with Crippen molar-refractivity contribution in [2.45, 2.75) is 13.3 Å². The van der Waals surface area contributed by atoms with Crippen LogP contribution in [0.4, 0.5) is 0 Å². The van der Waals surface area contributed by atoms with Crippen molar-refractivity contribution < 1.29 is 8.94 Å². The minimum Gasteiger partial charge on any atom is -0.453 e. The zero-order chi connectivity index (χ0) is 14.9. The summed E-state index contributed by atoms with van der Waals surface area (Å²) >= 11 is 0. The smallest absolute Gasteiger partial charge is 0.202 e. The van der Waals surface area contributed by atoms with E-state index in [0.717, 1.165) is 28.6 Å². The normalized spacial score (nSPS) is 11.1. The lowest BCUT2D eigenvalue weighted by molar-refractivity contribution is 0.423. The molecule has 108 valence electrons. The van der Waals surface area contributed by atoms with Crippen molar-refractivity contribution in [3.63, 3.8) is 0 Å². The standard InChI is InChI=1S/C19H15NO2/c1-2-13-7-9-14(10-8-13)16-12-19(22-20-16)18-11-15-5-3-4-6-17(15)21-18/h3-12H,2H2,1H3. The molecule has 0 bridgehead atoms. The molecule has 0 radical (unpaired) electrons. The van der Waals surface area contributed by atoms with Crippen molar-refractivity contribution in [1.29, 1.82) is 0 Å². The van der Waals surface area contributed by atoms with E-state index in [1.54, 1.807) is 0 Å². The fourth-order valence-electron chi connectivity index (χ4n) is 2.54. The summed E-state index contributed by atoms with van der Waals surface area (Å²) in [6.07, 6.45) is 1.03. The van der Waals surface area contributed by atoms with Gasteiger partial charge in [-0.05, 0) is 24.1 Å². The number of aryl methyl sites for hydroxylation is 1. The molecule has 0 N–H and O–H groups in total. The number of furan rings is 1. The molecule has 0 amide bonds. The third kappa shape index (κ3) is 2.21. The van der Waals surface area contributed by atoms with Crippen LogP contribution in [0.2, 0.25) is 0 Å². The molecule has 0 atom stereocenters. The molecule has 3 heteroatoms. The Morgan fingerprint density at radius 3 is 2.50 bits per heavy atom. The maximum atomic E-state index is 5.81. The molecule has 2 aromatic carbocycles. The van der Waals surface area contributed by atoms with Gasteiger partial charge in [0.05, 0.1) is 0 Å². The first-order valence-electron chi connectivity index (χ1n) is 7.38. The van der Waals surface area contributed by atoms with Crippen LogP contribution in [0.5, 0.6) is 0 Å². The van der Waals surface area contributed by atoms with Crippen LogP contribution >= 0.6 is 0 Å². The Hall–Kier alpha value is -2.81. The summed E-state index contributed by atoms with van der Waals surface area (Å²) in [6, 6.07) is 20.2. The van der Waals surface area contributed by atoms with Gasteiger partial charge in [0, 0.05) is 17.0 Å². The maximum absolute atomic E-state index is 5.81. The molecule has 0 aliphatic heterocycles. The third-order valence-electron chi connectivity index (χ3n) is 3.84. The fourth-order valence-corrected chi connectivity index (χ4v) is 2.54. The van der Waals surface area contributed by atoms with E-state index in [2.05, 4.69) is 36.3 Å². The largest absolute Gasteiger partial charge is 0.453 e. The third-order valence-corrected chi connectivity index (χ3v) is 3.84. The topological polar surface area (TPSA) is 39.2 Å². The van der Waals surface area contributed by atoms with Crippen molar-refractivity contribution >= 4 is 11.0 Å². The average molecular weight is 289 g/mol. The lowest BCUT2D eigenvalue weighted by Gasteiger charge is -1.97. The van der Waals surface area contributed by atoms with Crippen LogP contribution < -0.4 is 0 Å². The summed E-state index contributed by atoms with van der Waals surface area (Å²) in [5, 5.41) is 5.21. The Bertz CT molecular complexity index is 883. The van der Waals surface area contributed by atoms with Gasteiger partial charge in [0.25, 0.3) is 0 Å². The molecular weight excluding hydrogens is 274 g/mol. The molecule has 4 rings (SSSR count). The van der Waals surface area contributed by atoms with Crippen molar-refractivity contribution in [3.8, 4) is 22.8 Å². The number of rotatable bonds is 3. The summed E-state index contributed by atoms with van der Waals surface area (Å²) in [4.78, 5) is 0. The molecule has 0 spiro atoms. The number of benzene rings is 2. The van der Waals surface area contributed by atoms with Gasteiger partial charge < -0.3 is 8.94 Å². The molecule has 0 unspecified atom stereocenters. The minimum absolute atomic E-state index is 0.644. The minimum atomic E-state index is 0.644. The SMILES string of the molecule is CCc1ccc(-c2cc(-c3cc4ccccc4o3)on2)cc1. The van der Waals surface area contributed by atoms with E-state index >= 15 is 0 Å². The first-order valence-corrected chi connectivity index (χ1v) is 7.38. The number of para-hydroxylation sites is 1. The monoisotopic (exact) mass is 289 g/mol. The van der Waals surface area contributed by atoms with Gasteiger partial charge in [-0.2, -0.15) is 0 Å². The highest BCUT2D eigenvalue weighted by Crippen LogP contribution is 2.30. The van der Waals surface area contributed by atoms with Crippen molar-refractivity contribution in [2.24, 2.45) is 0 Å². The lowest BCUT2D eigenvalue weighted by Crippen LogP contribution is -1.80. The summed E-state index contributed by atoms with van der Waals surface area (Å²) in [6.45, 7) is 2.14. The molecule has 4 aromatic rings. The average Bonchev–Trinajstić information content (AvgIpc) is 3.21. The van der Waals surface area contributed by atoms with Gasteiger partial charge in [-0.1, -0.05) is 54.5 Å².